The van der Waals surface area contributed by atoms with E-state index in [2.05, 4.69) is 4.98 Å². The number of nitrogens with zero attached hydrogens (tertiary/aromatic N) is 2. The van der Waals surface area contributed by atoms with E-state index in [1.54, 1.807) is 18.2 Å². The maximum atomic E-state index is 14.5. The van der Waals surface area contributed by atoms with E-state index in [-0.39, 0.29) is 18.0 Å². The molecule has 8 heteroatoms. The highest BCUT2D eigenvalue weighted by Crippen LogP contribution is 2.34. The fraction of sp³-hybridized carbons (Fsp3) is 0.294. The van der Waals surface area contributed by atoms with Gasteiger partial charge in [0.1, 0.15) is 5.69 Å². The summed E-state index contributed by atoms with van der Waals surface area (Å²) < 4.78 is 48.1. The van der Waals surface area contributed by atoms with Gasteiger partial charge in [-0.05, 0) is 11.6 Å². The lowest BCUT2D eigenvalue weighted by Gasteiger charge is -2.20. The molecule has 1 aromatic carbocycles. The van der Waals surface area contributed by atoms with Gasteiger partial charge in [-0.15, -0.1) is 0 Å². The number of pyridine rings is 1. The molecule has 0 spiro atoms. The summed E-state index contributed by atoms with van der Waals surface area (Å²) in [6, 6.07) is 8.77. The molecule has 25 heavy (non-hydrogen) atoms. The van der Waals surface area contributed by atoms with Crippen molar-refractivity contribution >= 4 is 6.09 Å². The van der Waals surface area contributed by atoms with Gasteiger partial charge in [-0.3, -0.25) is 0 Å². The molecule has 0 aliphatic carbocycles. The molecule has 0 atom stereocenters. The van der Waals surface area contributed by atoms with Crippen LogP contribution in [-0.2, 0) is 18.9 Å². The highest BCUT2D eigenvalue weighted by molar-refractivity contribution is 5.64. The van der Waals surface area contributed by atoms with Gasteiger partial charge in [0.25, 0.3) is 5.92 Å². The minimum absolute atomic E-state index is 0.0594. The van der Waals surface area contributed by atoms with Crippen LogP contribution >= 0.6 is 0 Å². The second-order valence-corrected chi connectivity index (χ2v) is 5.49. The predicted molar refractivity (Wildman–Crippen MR) is 84.3 cm³/mol. The monoisotopic (exact) mass is 354 g/mol. The van der Waals surface area contributed by atoms with Crippen molar-refractivity contribution in [3.8, 4) is 5.88 Å². The molecule has 1 heterocycles. The van der Waals surface area contributed by atoms with E-state index < -0.39 is 29.9 Å². The van der Waals surface area contributed by atoms with E-state index in [1.165, 1.54) is 26.3 Å². The van der Waals surface area contributed by atoms with Crippen molar-refractivity contribution in [2.24, 2.45) is 0 Å². The van der Waals surface area contributed by atoms with Crippen LogP contribution in [0.5, 0.6) is 5.88 Å². The number of carbonyl (C=O) groups is 1. The van der Waals surface area contributed by atoms with Crippen molar-refractivity contribution in [3.63, 3.8) is 0 Å². The van der Waals surface area contributed by atoms with Crippen LogP contribution in [0, 0.1) is 5.82 Å². The molecular formula is C17H17F3N2O3. The highest BCUT2D eigenvalue weighted by Gasteiger charge is 2.37. The zero-order valence-corrected chi connectivity index (χ0v) is 13.7. The van der Waals surface area contributed by atoms with Crippen LogP contribution in [0.15, 0.2) is 36.4 Å². The van der Waals surface area contributed by atoms with E-state index >= 15 is 0 Å². The molecule has 0 unspecified atom stereocenters. The van der Waals surface area contributed by atoms with Crippen molar-refractivity contribution < 1.29 is 27.8 Å². The maximum absolute atomic E-state index is 14.5. The molecule has 1 aromatic heterocycles. The Hall–Kier alpha value is -2.77. The number of hydrogen-bond donors (Lipinski definition) is 1. The normalized spacial score (nSPS) is 11.2. The number of halogens is 3. The van der Waals surface area contributed by atoms with Crippen molar-refractivity contribution in [2.45, 2.75) is 18.9 Å². The molecule has 2 rings (SSSR count). The fourth-order valence-electron chi connectivity index (χ4n) is 2.32. The Kier molecular flexibility index (Phi) is 5.51. The number of benzene rings is 1. The minimum atomic E-state index is -3.55. The Morgan fingerprint density at radius 2 is 1.96 bits per heavy atom. The molecule has 1 N–H and O–H groups in total. The number of carboxylic acid groups (broad SMARTS) is 1. The molecule has 0 fully saturated rings. The number of rotatable bonds is 6. The lowest BCUT2D eigenvalue weighted by atomic mass is 10.0. The Balaban J connectivity index is 2.36. The Morgan fingerprint density at radius 1 is 1.32 bits per heavy atom. The summed E-state index contributed by atoms with van der Waals surface area (Å²) in [5, 5.41) is 8.88. The van der Waals surface area contributed by atoms with Crippen molar-refractivity contribution in [1.82, 2.24) is 9.88 Å². The van der Waals surface area contributed by atoms with Crippen LogP contribution in [0.2, 0.25) is 0 Å². The first-order valence-corrected chi connectivity index (χ1v) is 7.34. The van der Waals surface area contributed by atoms with Gasteiger partial charge in [0, 0.05) is 19.0 Å². The molecule has 0 saturated heterocycles. The van der Waals surface area contributed by atoms with Gasteiger partial charge in [0.15, 0.2) is 5.82 Å². The van der Waals surface area contributed by atoms with Crippen LogP contribution in [0.25, 0.3) is 0 Å². The van der Waals surface area contributed by atoms with Gasteiger partial charge in [-0.2, -0.15) is 8.78 Å². The SMILES string of the molecule is COc1nc(C(F)(F)Cc2ccccc2)c(F)cc1CN(C)C(=O)O. The molecule has 0 aliphatic heterocycles. The molecule has 0 saturated carbocycles. The van der Waals surface area contributed by atoms with E-state index in [9.17, 15) is 18.0 Å². The minimum Gasteiger partial charge on any atom is -0.481 e. The third kappa shape index (κ3) is 4.40. The molecule has 0 bridgehead atoms. The van der Waals surface area contributed by atoms with Gasteiger partial charge < -0.3 is 14.7 Å². The second kappa shape index (κ2) is 7.42. The van der Waals surface area contributed by atoms with Gasteiger partial charge in [0.05, 0.1) is 13.7 Å². The topological polar surface area (TPSA) is 62.7 Å². The Labute approximate surface area is 142 Å². The van der Waals surface area contributed by atoms with E-state index in [0.717, 1.165) is 11.0 Å². The third-order valence-corrected chi connectivity index (χ3v) is 3.56. The Bertz CT molecular complexity index is 754. The second-order valence-electron chi connectivity index (χ2n) is 5.49. The zero-order chi connectivity index (χ0) is 18.6. The van der Waals surface area contributed by atoms with Crippen molar-refractivity contribution in [3.05, 3.63) is 59.0 Å². The van der Waals surface area contributed by atoms with Gasteiger partial charge in [0.2, 0.25) is 5.88 Å². The summed E-state index contributed by atoms with van der Waals surface area (Å²) in [4.78, 5) is 15.3. The average Bonchev–Trinajstić information content (AvgIpc) is 2.55. The zero-order valence-electron chi connectivity index (χ0n) is 13.7. The lowest BCUT2D eigenvalue weighted by molar-refractivity contribution is -0.0127. The van der Waals surface area contributed by atoms with Gasteiger partial charge in [-0.25, -0.2) is 14.2 Å². The number of amides is 1. The third-order valence-electron chi connectivity index (χ3n) is 3.56. The lowest BCUT2D eigenvalue weighted by Crippen LogP contribution is -2.26. The number of ether oxygens (including phenoxy) is 1. The Morgan fingerprint density at radius 3 is 2.52 bits per heavy atom. The largest absolute Gasteiger partial charge is 0.481 e. The van der Waals surface area contributed by atoms with Crippen LogP contribution in [0.3, 0.4) is 0 Å². The molecule has 2 aromatic rings. The molecule has 0 aliphatic rings. The molecule has 1 amide bonds. The van der Waals surface area contributed by atoms with Crippen molar-refractivity contribution in [2.75, 3.05) is 14.2 Å². The van der Waals surface area contributed by atoms with Gasteiger partial charge in [-0.1, -0.05) is 30.3 Å². The number of hydrogen-bond acceptors (Lipinski definition) is 3. The van der Waals surface area contributed by atoms with Crippen LogP contribution in [-0.4, -0.2) is 35.2 Å². The van der Waals surface area contributed by atoms with E-state index in [1.807, 2.05) is 0 Å². The standard InChI is InChI=1S/C17H17F3N2O3/c1-22(16(23)24)10-12-8-13(18)14(21-15(12)25-2)17(19,20)9-11-6-4-3-5-7-11/h3-8H,9-10H2,1-2H3,(H,23,24). The fourth-order valence-corrected chi connectivity index (χ4v) is 2.32. The smallest absolute Gasteiger partial charge is 0.407 e. The van der Waals surface area contributed by atoms with Crippen LogP contribution in [0.4, 0.5) is 18.0 Å². The summed E-state index contributed by atoms with van der Waals surface area (Å²) in [7, 11) is 2.46. The van der Waals surface area contributed by atoms with Gasteiger partial charge >= 0.3 is 6.09 Å². The van der Waals surface area contributed by atoms with Crippen LogP contribution < -0.4 is 4.74 Å². The first-order chi connectivity index (χ1) is 11.7. The quantitative estimate of drug-likeness (QED) is 0.860. The summed E-state index contributed by atoms with van der Waals surface area (Å²) in [5.74, 6) is -5.00. The molecule has 134 valence electrons. The summed E-state index contributed by atoms with van der Waals surface area (Å²) in [6.45, 7) is -0.243. The summed E-state index contributed by atoms with van der Waals surface area (Å²) in [6.07, 6.45) is -1.96. The first kappa shape index (κ1) is 18.6. The molecule has 5 nitrogen and oxygen atoms in total. The molecular weight excluding hydrogens is 337 g/mol. The summed E-state index contributed by atoms with van der Waals surface area (Å²) in [5.41, 5.74) is -0.638. The number of methoxy groups -OCH3 is 1. The van der Waals surface area contributed by atoms with Crippen molar-refractivity contribution in [1.29, 1.82) is 0 Å². The van der Waals surface area contributed by atoms with E-state index in [4.69, 9.17) is 9.84 Å². The average molecular weight is 354 g/mol. The number of alkyl halides is 2. The van der Waals surface area contributed by atoms with E-state index in [0.29, 0.717) is 5.56 Å². The predicted octanol–water partition coefficient (Wildman–Crippen LogP) is 3.67. The van der Waals surface area contributed by atoms with Crippen LogP contribution in [0.1, 0.15) is 16.8 Å². The first-order valence-electron chi connectivity index (χ1n) is 7.34. The summed E-state index contributed by atoms with van der Waals surface area (Å²) >= 11 is 0. The maximum Gasteiger partial charge on any atom is 0.407 e. The number of aromatic nitrogens is 1. The molecule has 0 radical (unpaired) electrons. The highest BCUT2D eigenvalue weighted by atomic mass is 19.3.